The number of nitrogens with one attached hydrogen (secondary N) is 1. The standard InChI is InChI=1S/C19H27FN2O/c20-18-4-1-15(2-5-18)13-16-8-11-22(12-9-16)19(23)6-3-17-7-10-21-14-17/h1-2,4-5,16-17,21H,3,6-14H2. The van der Waals surface area contributed by atoms with E-state index in [0.29, 0.717) is 24.2 Å². The van der Waals surface area contributed by atoms with E-state index in [9.17, 15) is 9.18 Å². The van der Waals surface area contributed by atoms with Gasteiger partial charge in [-0.1, -0.05) is 12.1 Å². The van der Waals surface area contributed by atoms with Crippen molar-refractivity contribution in [2.45, 2.75) is 38.5 Å². The lowest BCUT2D eigenvalue weighted by atomic mass is 9.90. The van der Waals surface area contributed by atoms with Gasteiger partial charge in [-0.05, 0) is 74.7 Å². The molecule has 1 aromatic rings. The number of hydrogen-bond acceptors (Lipinski definition) is 2. The van der Waals surface area contributed by atoms with Gasteiger partial charge in [0.05, 0.1) is 0 Å². The molecule has 1 unspecified atom stereocenters. The fourth-order valence-corrected chi connectivity index (χ4v) is 3.79. The first-order chi connectivity index (χ1) is 11.2. The summed E-state index contributed by atoms with van der Waals surface area (Å²) in [7, 11) is 0. The molecule has 4 heteroatoms. The van der Waals surface area contributed by atoms with Crippen LogP contribution in [0, 0.1) is 17.7 Å². The molecule has 23 heavy (non-hydrogen) atoms. The van der Waals surface area contributed by atoms with E-state index < -0.39 is 0 Å². The van der Waals surface area contributed by atoms with Crippen LogP contribution in [0.3, 0.4) is 0 Å². The third kappa shape index (κ3) is 4.77. The number of halogens is 1. The van der Waals surface area contributed by atoms with Gasteiger partial charge in [-0.3, -0.25) is 4.79 Å². The normalized spacial score (nSPS) is 22.5. The molecule has 2 fully saturated rings. The maximum absolute atomic E-state index is 12.9. The summed E-state index contributed by atoms with van der Waals surface area (Å²) in [6.45, 7) is 3.95. The van der Waals surface area contributed by atoms with Crippen molar-refractivity contribution >= 4 is 5.91 Å². The van der Waals surface area contributed by atoms with Crippen molar-refractivity contribution in [2.75, 3.05) is 26.2 Å². The van der Waals surface area contributed by atoms with Crippen LogP contribution >= 0.6 is 0 Å². The Balaban J connectivity index is 1.39. The summed E-state index contributed by atoms with van der Waals surface area (Å²) in [6.07, 6.45) is 6.07. The lowest BCUT2D eigenvalue weighted by molar-refractivity contribution is -0.132. The molecule has 1 amide bonds. The average Bonchev–Trinajstić information content (AvgIpc) is 3.09. The molecule has 2 aliphatic rings. The summed E-state index contributed by atoms with van der Waals surface area (Å²) in [5, 5.41) is 3.36. The lowest BCUT2D eigenvalue weighted by Gasteiger charge is -2.32. The van der Waals surface area contributed by atoms with Crippen molar-refractivity contribution in [1.29, 1.82) is 0 Å². The molecule has 0 aliphatic carbocycles. The van der Waals surface area contributed by atoms with Gasteiger partial charge in [0.25, 0.3) is 0 Å². The van der Waals surface area contributed by atoms with Gasteiger partial charge in [0, 0.05) is 19.5 Å². The van der Waals surface area contributed by atoms with Gasteiger partial charge in [-0.25, -0.2) is 4.39 Å². The smallest absolute Gasteiger partial charge is 0.222 e. The molecule has 1 aromatic carbocycles. The molecule has 1 atom stereocenters. The Kier molecular flexibility index (Phi) is 5.65. The van der Waals surface area contributed by atoms with Crippen LogP contribution < -0.4 is 5.32 Å². The lowest BCUT2D eigenvalue weighted by Crippen LogP contribution is -2.39. The third-order valence-corrected chi connectivity index (χ3v) is 5.33. The predicted octanol–water partition coefficient (Wildman–Crippen LogP) is 3.00. The zero-order valence-corrected chi connectivity index (χ0v) is 13.8. The Morgan fingerprint density at radius 1 is 1.13 bits per heavy atom. The van der Waals surface area contributed by atoms with E-state index in [-0.39, 0.29) is 5.82 Å². The maximum Gasteiger partial charge on any atom is 0.222 e. The predicted molar refractivity (Wildman–Crippen MR) is 89.6 cm³/mol. The number of benzene rings is 1. The van der Waals surface area contributed by atoms with E-state index in [4.69, 9.17) is 0 Å². The first-order valence-electron chi connectivity index (χ1n) is 8.93. The van der Waals surface area contributed by atoms with Gasteiger partial charge in [0.15, 0.2) is 0 Å². The Bertz CT molecular complexity index is 503. The maximum atomic E-state index is 12.9. The number of likely N-dealkylation sites (tertiary alicyclic amines) is 1. The highest BCUT2D eigenvalue weighted by Gasteiger charge is 2.24. The Hall–Kier alpha value is -1.42. The minimum absolute atomic E-state index is 0.174. The molecule has 2 saturated heterocycles. The summed E-state index contributed by atoms with van der Waals surface area (Å²) in [5.41, 5.74) is 1.20. The van der Waals surface area contributed by atoms with Crippen molar-refractivity contribution in [3.63, 3.8) is 0 Å². The van der Waals surface area contributed by atoms with Crippen molar-refractivity contribution in [2.24, 2.45) is 11.8 Å². The molecule has 1 N–H and O–H groups in total. The zero-order valence-electron chi connectivity index (χ0n) is 13.8. The Labute approximate surface area is 138 Å². The van der Waals surface area contributed by atoms with E-state index in [1.165, 1.54) is 24.1 Å². The fraction of sp³-hybridized carbons (Fsp3) is 0.632. The highest BCUT2D eigenvalue weighted by molar-refractivity contribution is 5.76. The van der Waals surface area contributed by atoms with Gasteiger partial charge in [-0.2, -0.15) is 0 Å². The molecule has 3 rings (SSSR count). The second-order valence-corrected chi connectivity index (χ2v) is 7.05. The summed E-state index contributed by atoms with van der Waals surface area (Å²) >= 11 is 0. The van der Waals surface area contributed by atoms with Crippen LogP contribution in [0.1, 0.15) is 37.7 Å². The van der Waals surface area contributed by atoms with Gasteiger partial charge in [0.1, 0.15) is 5.82 Å². The van der Waals surface area contributed by atoms with E-state index in [1.807, 2.05) is 17.0 Å². The molecule has 0 radical (unpaired) electrons. The molecule has 0 aromatic heterocycles. The highest BCUT2D eigenvalue weighted by Crippen LogP contribution is 2.23. The summed E-state index contributed by atoms with van der Waals surface area (Å²) in [6, 6.07) is 6.82. The number of piperidine rings is 1. The first-order valence-corrected chi connectivity index (χ1v) is 8.93. The third-order valence-electron chi connectivity index (χ3n) is 5.33. The summed E-state index contributed by atoms with van der Waals surface area (Å²) in [5.74, 6) is 1.46. The van der Waals surface area contributed by atoms with Crippen molar-refractivity contribution in [3.8, 4) is 0 Å². The SMILES string of the molecule is O=C(CCC1CCNC1)N1CCC(Cc2ccc(F)cc2)CC1. The molecule has 0 spiro atoms. The number of hydrogen-bond donors (Lipinski definition) is 1. The number of carbonyl (C=O) groups excluding carboxylic acids is 1. The van der Waals surface area contributed by atoms with E-state index >= 15 is 0 Å². The van der Waals surface area contributed by atoms with E-state index in [0.717, 1.165) is 51.9 Å². The number of carbonyl (C=O) groups is 1. The van der Waals surface area contributed by atoms with Gasteiger partial charge >= 0.3 is 0 Å². The van der Waals surface area contributed by atoms with Crippen LogP contribution in [0.5, 0.6) is 0 Å². The number of amides is 1. The van der Waals surface area contributed by atoms with Crippen LogP contribution in [0.25, 0.3) is 0 Å². The summed E-state index contributed by atoms with van der Waals surface area (Å²) in [4.78, 5) is 14.4. The molecule has 2 heterocycles. The Morgan fingerprint density at radius 2 is 1.87 bits per heavy atom. The molecule has 0 saturated carbocycles. The van der Waals surface area contributed by atoms with Crippen LogP contribution in [0.15, 0.2) is 24.3 Å². The molecular weight excluding hydrogens is 291 g/mol. The zero-order chi connectivity index (χ0) is 16.1. The van der Waals surface area contributed by atoms with Crippen molar-refractivity contribution < 1.29 is 9.18 Å². The number of rotatable bonds is 5. The fourth-order valence-electron chi connectivity index (χ4n) is 3.79. The monoisotopic (exact) mass is 318 g/mol. The summed E-state index contributed by atoms with van der Waals surface area (Å²) < 4.78 is 12.9. The van der Waals surface area contributed by atoms with Crippen molar-refractivity contribution in [3.05, 3.63) is 35.6 Å². The van der Waals surface area contributed by atoms with Crippen LogP contribution in [0.4, 0.5) is 4.39 Å². The Morgan fingerprint density at radius 3 is 2.52 bits per heavy atom. The molecular formula is C19H27FN2O. The quantitative estimate of drug-likeness (QED) is 0.905. The highest BCUT2D eigenvalue weighted by atomic mass is 19.1. The second kappa shape index (κ2) is 7.91. The minimum atomic E-state index is -0.174. The largest absolute Gasteiger partial charge is 0.343 e. The van der Waals surface area contributed by atoms with Crippen molar-refractivity contribution in [1.82, 2.24) is 10.2 Å². The average molecular weight is 318 g/mol. The van der Waals surface area contributed by atoms with E-state index in [2.05, 4.69) is 5.32 Å². The second-order valence-electron chi connectivity index (χ2n) is 7.05. The van der Waals surface area contributed by atoms with Crippen LogP contribution in [-0.4, -0.2) is 37.0 Å². The number of nitrogens with zero attached hydrogens (tertiary/aromatic N) is 1. The molecule has 0 bridgehead atoms. The van der Waals surface area contributed by atoms with Crippen LogP contribution in [-0.2, 0) is 11.2 Å². The molecule has 2 aliphatic heterocycles. The molecule has 3 nitrogen and oxygen atoms in total. The van der Waals surface area contributed by atoms with Gasteiger partial charge in [0.2, 0.25) is 5.91 Å². The van der Waals surface area contributed by atoms with E-state index in [1.54, 1.807) is 0 Å². The topological polar surface area (TPSA) is 32.3 Å². The van der Waals surface area contributed by atoms with Gasteiger partial charge in [-0.15, -0.1) is 0 Å². The van der Waals surface area contributed by atoms with Gasteiger partial charge < -0.3 is 10.2 Å². The van der Waals surface area contributed by atoms with Crippen LogP contribution in [0.2, 0.25) is 0 Å². The first kappa shape index (κ1) is 16.4. The molecule has 126 valence electrons. The minimum Gasteiger partial charge on any atom is -0.343 e.